The Hall–Kier alpha value is -0.610. The van der Waals surface area contributed by atoms with E-state index in [0.29, 0.717) is 0 Å². The maximum atomic E-state index is 5.11. The molecular weight excluding hydrogens is 220 g/mol. The van der Waals surface area contributed by atoms with Crippen LogP contribution in [0.4, 0.5) is 5.13 Å². The fraction of sp³-hybridized carbons (Fsp3) is 0.750. The predicted molar refractivity (Wildman–Crippen MR) is 70.4 cm³/mol. The number of ether oxygens (including phenoxy) is 1. The second-order valence-corrected chi connectivity index (χ2v) is 6.12. The van der Waals surface area contributed by atoms with Crippen LogP contribution in [-0.2, 0) is 4.74 Å². The van der Waals surface area contributed by atoms with E-state index in [-0.39, 0.29) is 5.41 Å². The average molecular weight is 242 g/mol. The monoisotopic (exact) mass is 242 g/mol. The molecule has 0 fully saturated rings. The maximum absolute atomic E-state index is 5.11. The van der Waals surface area contributed by atoms with E-state index in [2.05, 4.69) is 31.1 Å². The van der Waals surface area contributed by atoms with E-state index >= 15 is 0 Å². The molecule has 1 heterocycles. The van der Waals surface area contributed by atoms with Gasteiger partial charge in [0.05, 0.1) is 5.69 Å². The van der Waals surface area contributed by atoms with Crippen LogP contribution in [0.5, 0.6) is 0 Å². The minimum atomic E-state index is 0.240. The molecule has 1 rings (SSSR count). The molecule has 16 heavy (non-hydrogen) atoms. The van der Waals surface area contributed by atoms with Crippen LogP contribution < -0.4 is 5.32 Å². The first kappa shape index (κ1) is 13.5. The average Bonchev–Trinajstić information content (AvgIpc) is 2.53. The number of anilines is 1. The Bertz CT molecular complexity index is 314. The molecule has 92 valence electrons. The first-order valence-corrected chi connectivity index (χ1v) is 6.43. The van der Waals surface area contributed by atoms with Gasteiger partial charge in [0, 0.05) is 25.1 Å². The van der Waals surface area contributed by atoms with E-state index in [0.717, 1.165) is 30.4 Å². The van der Waals surface area contributed by atoms with Crippen LogP contribution in [0, 0.1) is 19.3 Å². The number of hydrogen-bond donors (Lipinski definition) is 1. The first-order valence-electron chi connectivity index (χ1n) is 5.61. The number of aryl methyl sites for hydroxylation is 2. The number of nitrogens with zero attached hydrogens (tertiary/aromatic N) is 1. The van der Waals surface area contributed by atoms with Crippen molar-refractivity contribution < 1.29 is 4.74 Å². The number of rotatable bonds is 6. The SMILES string of the molecule is COCCC(C)(C)CNc1nc(C)c(C)s1. The van der Waals surface area contributed by atoms with Crippen molar-refractivity contribution in [3.05, 3.63) is 10.6 Å². The molecule has 4 heteroatoms. The topological polar surface area (TPSA) is 34.1 Å². The molecule has 0 radical (unpaired) electrons. The molecule has 0 spiro atoms. The summed E-state index contributed by atoms with van der Waals surface area (Å²) in [6.45, 7) is 10.4. The second-order valence-electron chi connectivity index (χ2n) is 4.92. The van der Waals surface area contributed by atoms with Crippen molar-refractivity contribution >= 4 is 16.5 Å². The molecule has 0 aliphatic heterocycles. The van der Waals surface area contributed by atoms with Crippen molar-refractivity contribution in [3.8, 4) is 0 Å². The van der Waals surface area contributed by atoms with Crippen LogP contribution in [0.25, 0.3) is 0 Å². The summed E-state index contributed by atoms with van der Waals surface area (Å²) in [6.07, 6.45) is 1.06. The number of nitrogens with one attached hydrogen (secondary N) is 1. The molecular formula is C12H22N2OS. The van der Waals surface area contributed by atoms with Crippen LogP contribution in [0.15, 0.2) is 0 Å². The second kappa shape index (κ2) is 5.64. The molecule has 1 aromatic heterocycles. The molecule has 0 atom stereocenters. The Kier molecular flexibility index (Phi) is 4.74. The fourth-order valence-electron chi connectivity index (χ4n) is 1.33. The van der Waals surface area contributed by atoms with Gasteiger partial charge in [-0.25, -0.2) is 4.98 Å². The number of hydrogen-bond acceptors (Lipinski definition) is 4. The Labute approximate surface area is 102 Å². The molecule has 0 aromatic carbocycles. The summed E-state index contributed by atoms with van der Waals surface area (Å²) in [5.41, 5.74) is 1.37. The van der Waals surface area contributed by atoms with Gasteiger partial charge in [-0.15, -0.1) is 11.3 Å². The Morgan fingerprint density at radius 3 is 2.56 bits per heavy atom. The Morgan fingerprint density at radius 2 is 2.06 bits per heavy atom. The van der Waals surface area contributed by atoms with Crippen LogP contribution >= 0.6 is 11.3 Å². The lowest BCUT2D eigenvalue weighted by Crippen LogP contribution is -2.24. The summed E-state index contributed by atoms with van der Waals surface area (Å²) in [7, 11) is 1.75. The summed E-state index contributed by atoms with van der Waals surface area (Å²) >= 11 is 1.73. The molecule has 1 aromatic rings. The largest absolute Gasteiger partial charge is 0.385 e. The summed E-state index contributed by atoms with van der Waals surface area (Å²) < 4.78 is 5.11. The van der Waals surface area contributed by atoms with Crippen LogP contribution in [0.2, 0.25) is 0 Å². The zero-order chi connectivity index (χ0) is 12.2. The minimum absolute atomic E-state index is 0.240. The van der Waals surface area contributed by atoms with E-state index in [9.17, 15) is 0 Å². The highest BCUT2D eigenvalue weighted by Crippen LogP contribution is 2.25. The Morgan fingerprint density at radius 1 is 1.38 bits per heavy atom. The van der Waals surface area contributed by atoms with Gasteiger partial charge in [-0.2, -0.15) is 0 Å². The lowest BCUT2D eigenvalue weighted by Gasteiger charge is -2.24. The van der Waals surface area contributed by atoms with Crippen molar-refractivity contribution in [2.75, 3.05) is 25.6 Å². The molecule has 0 saturated carbocycles. The van der Waals surface area contributed by atoms with Crippen molar-refractivity contribution in [2.45, 2.75) is 34.1 Å². The number of thiazole rings is 1. The minimum Gasteiger partial charge on any atom is -0.385 e. The van der Waals surface area contributed by atoms with Gasteiger partial charge in [0.1, 0.15) is 0 Å². The highest BCUT2D eigenvalue weighted by atomic mass is 32.1. The normalized spacial score (nSPS) is 11.8. The highest BCUT2D eigenvalue weighted by Gasteiger charge is 2.17. The van der Waals surface area contributed by atoms with Gasteiger partial charge in [0.25, 0.3) is 0 Å². The molecule has 0 saturated heterocycles. The lowest BCUT2D eigenvalue weighted by molar-refractivity contribution is 0.157. The van der Waals surface area contributed by atoms with Crippen molar-refractivity contribution in [2.24, 2.45) is 5.41 Å². The predicted octanol–water partition coefficient (Wildman–Crippen LogP) is 3.23. The van der Waals surface area contributed by atoms with Gasteiger partial charge >= 0.3 is 0 Å². The van der Waals surface area contributed by atoms with Gasteiger partial charge in [-0.3, -0.25) is 0 Å². The van der Waals surface area contributed by atoms with E-state index in [1.165, 1.54) is 4.88 Å². The molecule has 0 aliphatic rings. The summed E-state index contributed by atoms with van der Waals surface area (Å²) in [6, 6.07) is 0. The van der Waals surface area contributed by atoms with Gasteiger partial charge < -0.3 is 10.1 Å². The summed E-state index contributed by atoms with van der Waals surface area (Å²) in [4.78, 5) is 5.76. The van der Waals surface area contributed by atoms with Crippen LogP contribution in [-0.4, -0.2) is 25.2 Å². The van der Waals surface area contributed by atoms with Crippen molar-refractivity contribution in [3.63, 3.8) is 0 Å². The summed E-state index contributed by atoms with van der Waals surface area (Å²) in [5, 5.41) is 4.44. The quantitative estimate of drug-likeness (QED) is 0.831. The first-order chi connectivity index (χ1) is 7.44. The van der Waals surface area contributed by atoms with E-state index in [1.807, 2.05) is 6.92 Å². The molecule has 0 unspecified atom stereocenters. The van der Waals surface area contributed by atoms with Gasteiger partial charge in [0.2, 0.25) is 0 Å². The summed E-state index contributed by atoms with van der Waals surface area (Å²) in [5.74, 6) is 0. The smallest absolute Gasteiger partial charge is 0.183 e. The third-order valence-electron chi connectivity index (χ3n) is 2.73. The van der Waals surface area contributed by atoms with E-state index < -0.39 is 0 Å². The van der Waals surface area contributed by atoms with Gasteiger partial charge in [-0.05, 0) is 25.7 Å². The Balaban J connectivity index is 2.44. The third-order valence-corrected chi connectivity index (χ3v) is 3.76. The molecule has 0 bridgehead atoms. The van der Waals surface area contributed by atoms with E-state index in [4.69, 9.17) is 4.74 Å². The van der Waals surface area contributed by atoms with Gasteiger partial charge in [-0.1, -0.05) is 13.8 Å². The number of methoxy groups -OCH3 is 1. The third kappa shape index (κ3) is 4.10. The zero-order valence-corrected chi connectivity index (χ0v) is 11.7. The van der Waals surface area contributed by atoms with Crippen LogP contribution in [0.3, 0.4) is 0 Å². The fourth-order valence-corrected chi connectivity index (χ4v) is 2.14. The molecule has 3 nitrogen and oxygen atoms in total. The van der Waals surface area contributed by atoms with Crippen LogP contribution in [0.1, 0.15) is 30.8 Å². The number of aromatic nitrogens is 1. The van der Waals surface area contributed by atoms with Gasteiger partial charge in [0.15, 0.2) is 5.13 Å². The standard InChI is InChI=1S/C12H22N2OS/c1-9-10(2)16-11(14-9)13-8-12(3,4)6-7-15-5/h6-8H2,1-5H3,(H,13,14). The molecule has 0 amide bonds. The molecule has 1 N–H and O–H groups in total. The zero-order valence-electron chi connectivity index (χ0n) is 10.9. The highest BCUT2D eigenvalue weighted by molar-refractivity contribution is 7.15. The maximum Gasteiger partial charge on any atom is 0.183 e. The van der Waals surface area contributed by atoms with Crippen molar-refractivity contribution in [1.82, 2.24) is 4.98 Å². The molecule has 0 aliphatic carbocycles. The lowest BCUT2D eigenvalue weighted by atomic mass is 9.90. The van der Waals surface area contributed by atoms with Crippen molar-refractivity contribution in [1.29, 1.82) is 0 Å². The van der Waals surface area contributed by atoms with E-state index in [1.54, 1.807) is 18.4 Å².